The van der Waals surface area contributed by atoms with E-state index in [9.17, 15) is 22.8 Å². The SMILES string of the molecule is COc1ccc(OC)c(C2CC(c3cccs3)=NN2C(=O)CN(CCN2CCOCC2)C(=O)c2ccc(C(F)(F)F)cc2)c1. The van der Waals surface area contributed by atoms with Crippen LogP contribution in [0.1, 0.15) is 38.8 Å². The molecule has 0 N–H and O–H groups in total. The molecule has 13 heteroatoms. The third kappa shape index (κ3) is 7.22. The Bertz CT molecular complexity index is 1470. The molecule has 2 amide bonds. The molecule has 234 valence electrons. The van der Waals surface area contributed by atoms with Crippen molar-refractivity contribution in [1.82, 2.24) is 14.8 Å². The minimum Gasteiger partial charge on any atom is -0.497 e. The van der Waals surface area contributed by atoms with Crippen LogP contribution in [0, 0.1) is 0 Å². The van der Waals surface area contributed by atoms with Gasteiger partial charge in [0.05, 0.1) is 49.6 Å². The van der Waals surface area contributed by atoms with Crippen molar-refractivity contribution in [2.24, 2.45) is 5.10 Å². The van der Waals surface area contributed by atoms with E-state index in [-0.39, 0.29) is 18.7 Å². The van der Waals surface area contributed by atoms with Crippen molar-refractivity contribution in [2.45, 2.75) is 18.6 Å². The monoisotopic (exact) mass is 630 g/mol. The number of morpholine rings is 1. The largest absolute Gasteiger partial charge is 0.497 e. The van der Waals surface area contributed by atoms with Gasteiger partial charge in [-0.1, -0.05) is 6.07 Å². The molecule has 3 aromatic rings. The third-order valence-corrected chi connectivity index (χ3v) is 8.55. The highest BCUT2D eigenvalue weighted by molar-refractivity contribution is 7.12. The Morgan fingerprint density at radius 1 is 1.07 bits per heavy atom. The summed E-state index contributed by atoms with van der Waals surface area (Å²) >= 11 is 1.51. The molecule has 44 heavy (non-hydrogen) atoms. The molecule has 1 unspecified atom stereocenters. The molecule has 5 rings (SSSR count). The lowest BCUT2D eigenvalue weighted by molar-refractivity contribution is -0.137. The van der Waals surface area contributed by atoms with E-state index in [1.807, 2.05) is 17.5 Å². The van der Waals surface area contributed by atoms with Gasteiger partial charge in [0.1, 0.15) is 18.0 Å². The van der Waals surface area contributed by atoms with Crippen LogP contribution >= 0.6 is 11.3 Å². The van der Waals surface area contributed by atoms with Crippen molar-refractivity contribution in [2.75, 3.05) is 60.2 Å². The van der Waals surface area contributed by atoms with E-state index in [1.165, 1.54) is 21.2 Å². The van der Waals surface area contributed by atoms with Crippen LogP contribution in [0.5, 0.6) is 11.5 Å². The first-order valence-electron chi connectivity index (χ1n) is 14.1. The van der Waals surface area contributed by atoms with E-state index in [2.05, 4.69) is 4.90 Å². The van der Waals surface area contributed by atoms with Crippen LogP contribution < -0.4 is 9.47 Å². The van der Waals surface area contributed by atoms with E-state index >= 15 is 0 Å². The third-order valence-electron chi connectivity index (χ3n) is 7.63. The maximum Gasteiger partial charge on any atom is 0.416 e. The highest BCUT2D eigenvalue weighted by atomic mass is 32.1. The number of nitrogens with zero attached hydrogens (tertiary/aromatic N) is 4. The Balaban J connectivity index is 1.44. The van der Waals surface area contributed by atoms with E-state index < -0.39 is 29.6 Å². The fraction of sp³-hybridized carbons (Fsp3) is 0.387. The molecule has 1 fully saturated rings. The smallest absolute Gasteiger partial charge is 0.416 e. The van der Waals surface area contributed by atoms with Gasteiger partial charge in [-0.3, -0.25) is 14.5 Å². The number of hydrogen-bond acceptors (Lipinski definition) is 8. The number of hydrazone groups is 1. The quantitative estimate of drug-likeness (QED) is 0.316. The summed E-state index contributed by atoms with van der Waals surface area (Å²) in [4.78, 5) is 32.1. The van der Waals surface area contributed by atoms with Crippen molar-refractivity contribution in [1.29, 1.82) is 0 Å². The zero-order valence-corrected chi connectivity index (χ0v) is 25.2. The number of thiophene rings is 1. The lowest BCUT2D eigenvalue weighted by Gasteiger charge is -2.31. The van der Waals surface area contributed by atoms with Crippen molar-refractivity contribution in [3.8, 4) is 11.5 Å². The van der Waals surface area contributed by atoms with Crippen LogP contribution in [0.3, 0.4) is 0 Å². The Kier molecular flexibility index (Phi) is 9.87. The molecule has 2 aliphatic rings. The first kappa shape index (κ1) is 31.5. The Hall–Kier alpha value is -3.94. The number of halogens is 3. The lowest BCUT2D eigenvalue weighted by Crippen LogP contribution is -2.46. The molecule has 1 atom stereocenters. The van der Waals surface area contributed by atoms with E-state index in [1.54, 1.807) is 32.4 Å². The standard InChI is InChI=1S/C31H33F3N4O5S/c1-41-23-9-10-27(42-2)24(18-23)26-19-25(28-4-3-17-44-28)35-38(26)29(39)20-37(12-11-36-13-15-43-16-14-36)30(40)21-5-7-22(8-6-21)31(32,33)34/h3-10,17-18,26H,11-16,19-20H2,1-2H3. The topological polar surface area (TPSA) is 83.9 Å². The van der Waals surface area contributed by atoms with Gasteiger partial charge >= 0.3 is 6.18 Å². The summed E-state index contributed by atoms with van der Waals surface area (Å²) in [7, 11) is 3.10. The molecule has 2 aromatic carbocycles. The molecule has 0 bridgehead atoms. The minimum absolute atomic E-state index is 0.0583. The summed E-state index contributed by atoms with van der Waals surface area (Å²) in [6.45, 7) is 2.80. The second kappa shape index (κ2) is 13.8. The summed E-state index contributed by atoms with van der Waals surface area (Å²) in [5.41, 5.74) is 0.622. The van der Waals surface area contributed by atoms with Crippen LogP contribution in [0.15, 0.2) is 65.1 Å². The molecule has 9 nitrogen and oxygen atoms in total. The molecule has 0 aliphatic carbocycles. The predicted molar refractivity (Wildman–Crippen MR) is 159 cm³/mol. The van der Waals surface area contributed by atoms with Crippen molar-refractivity contribution in [3.05, 3.63) is 81.5 Å². The van der Waals surface area contributed by atoms with Gasteiger partial charge in [0.25, 0.3) is 11.8 Å². The molecule has 0 saturated carbocycles. The molecule has 0 radical (unpaired) electrons. The van der Waals surface area contributed by atoms with Gasteiger partial charge in [0.15, 0.2) is 0 Å². The Morgan fingerprint density at radius 2 is 1.82 bits per heavy atom. The van der Waals surface area contributed by atoms with Crippen LogP contribution in [0.2, 0.25) is 0 Å². The highest BCUT2D eigenvalue weighted by Crippen LogP contribution is 2.40. The number of rotatable bonds is 10. The van der Waals surface area contributed by atoms with E-state index in [4.69, 9.17) is 19.3 Å². The number of carbonyl (C=O) groups excluding carboxylic acids is 2. The fourth-order valence-electron chi connectivity index (χ4n) is 5.23. The Morgan fingerprint density at radius 3 is 2.45 bits per heavy atom. The number of carbonyl (C=O) groups is 2. The summed E-state index contributed by atoms with van der Waals surface area (Å²) in [5, 5.41) is 8.03. The van der Waals surface area contributed by atoms with Gasteiger partial charge < -0.3 is 19.1 Å². The number of benzene rings is 2. The van der Waals surface area contributed by atoms with Gasteiger partial charge in [0.2, 0.25) is 0 Å². The van der Waals surface area contributed by atoms with Crippen LogP contribution in [-0.2, 0) is 15.7 Å². The number of hydrogen-bond donors (Lipinski definition) is 0. The zero-order valence-electron chi connectivity index (χ0n) is 24.4. The molecule has 1 saturated heterocycles. The number of methoxy groups -OCH3 is 2. The zero-order chi connectivity index (χ0) is 31.3. The predicted octanol–water partition coefficient (Wildman–Crippen LogP) is 4.94. The minimum atomic E-state index is -4.53. The van der Waals surface area contributed by atoms with E-state index in [0.29, 0.717) is 56.3 Å². The second-order valence-corrected chi connectivity index (χ2v) is 11.3. The van der Waals surface area contributed by atoms with E-state index in [0.717, 1.165) is 34.9 Å². The molecule has 3 heterocycles. The van der Waals surface area contributed by atoms with Crippen molar-refractivity contribution in [3.63, 3.8) is 0 Å². The average Bonchev–Trinajstić information content (AvgIpc) is 3.73. The summed E-state index contributed by atoms with van der Waals surface area (Å²) < 4.78 is 56.0. The average molecular weight is 631 g/mol. The second-order valence-electron chi connectivity index (χ2n) is 10.3. The van der Waals surface area contributed by atoms with Gasteiger partial charge in [-0.15, -0.1) is 11.3 Å². The number of ether oxygens (including phenoxy) is 3. The number of alkyl halides is 3. The van der Waals surface area contributed by atoms with Gasteiger partial charge in [-0.2, -0.15) is 18.3 Å². The van der Waals surface area contributed by atoms with Gasteiger partial charge in [-0.25, -0.2) is 5.01 Å². The first-order chi connectivity index (χ1) is 21.2. The molecular weight excluding hydrogens is 597 g/mol. The maximum absolute atomic E-state index is 14.1. The van der Waals surface area contributed by atoms with Gasteiger partial charge in [-0.05, 0) is 53.9 Å². The fourth-order valence-corrected chi connectivity index (χ4v) is 5.95. The molecule has 0 spiro atoms. The van der Waals surface area contributed by atoms with Gasteiger partial charge in [0, 0.05) is 43.7 Å². The Labute approximate surface area is 257 Å². The van der Waals surface area contributed by atoms with Crippen LogP contribution in [-0.4, -0.2) is 92.5 Å². The maximum atomic E-state index is 14.1. The molecular formula is C31H33F3N4O5S. The summed E-state index contributed by atoms with van der Waals surface area (Å²) in [6, 6.07) is 12.7. The van der Waals surface area contributed by atoms with Crippen LogP contribution in [0.25, 0.3) is 0 Å². The number of amides is 2. The molecule has 1 aromatic heterocycles. The summed E-state index contributed by atoms with van der Waals surface area (Å²) in [5.74, 6) is 0.162. The molecule has 2 aliphatic heterocycles. The van der Waals surface area contributed by atoms with Crippen molar-refractivity contribution < 1.29 is 37.0 Å². The van der Waals surface area contributed by atoms with Crippen LogP contribution in [0.4, 0.5) is 13.2 Å². The van der Waals surface area contributed by atoms with Crippen molar-refractivity contribution >= 4 is 28.9 Å². The first-order valence-corrected chi connectivity index (χ1v) is 15.0. The summed E-state index contributed by atoms with van der Waals surface area (Å²) in [6.07, 6.45) is -4.12. The lowest BCUT2D eigenvalue weighted by atomic mass is 9.99. The highest BCUT2D eigenvalue weighted by Gasteiger charge is 2.37. The normalized spacial score (nSPS) is 17.3.